The van der Waals surface area contributed by atoms with Gasteiger partial charge in [-0.25, -0.2) is 9.18 Å². The molecule has 1 heterocycles. The van der Waals surface area contributed by atoms with Crippen LogP contribution in [0, 0.1) is 5.82 Å². The lowest BCUT2D eigenvalue weighted by atomic mass is 10.2. The van der Waals surface area contributed by atoms with E-state index >= 15 is 0 Å². The number of likely N-dealkylation sites (tertiary alicyclic amines) is 1. The Hall–Kier alpha value is -1.47. The summed E-state index contributed by atoms with van der Waals surface area (Å²) in [5.74, 6) is -0.608. The van der Waals surface area contributed by atoms with E-state index < -0.39 is 16.6 Å². The van der Waals surface area contributed by atoms with Crippen molar-refractivity contribution < 1.29 is 18.5 Å². The van der Waals surface area contributed by atoms with Gasteiger partial charge >= 0.3 is 6.03 Å². The zero-order valence-electron chi connectivity index (χ0n) is 11.1. The maximum absolute atomic E-state index is 13.7. The first-order valence-electron chi connectivity index (χ1n) is 6.34. The van der Waals surface area contributed by atoms with Crippen LogP contribution in [0.3, 0.4) is 0 Å². The van der Waals surface area contributed by atoms with Gasteiger partial charge in [-0.2, -0.15) is 0 Å². The molecule has 0 aliphatic carbocycles. The van der Waals surface area contributed by atoms with E-state index in [4.69, 9.17) is 0 Å². The van der Waals surface area contributed by atoms with Gasteiger partial charge in [0.15, 0.2) is 0 Å². The fraction of sp³-hybridized carbons (Fsp3) is 0.462. The van der Waals surface area contributed by atoms with Gasteiger partial charge in [-0.15, -0.1) is 0 Å². The number of anilines is 1. The molecule has 1 aliphatic heterocycles. The lowest BCUT2D eigenvalue weighted by molar-refractivity contribution is 0.166. The Balaban J connectivity index is 2.08. The number of halogens is 1. The number of hydrogen-bond donors (Lipinski definition) is 2. The maximum Gasteiger partial charge on any atom is 0.322 e. The molecule has 2 N–H and O–H groups in total. The van der Waals surface area contributed by atoms with Crippen LogP contribution in [-0.2, 0) is 10.8 Å². The lowest BCUT2D eigenvalue weighted by Crippen LogP contribution is -2.40. The van der Waals surface area contributed by atoms with Crippen molar-refractivity contribution in [3.05, 3.63) is 24.0 Å². The van der Waals surface area contributed by atoms with Gasteiger partial charge < -0.3 is 15.3 Å². The molecule has 2 atom stereocenters. The molecule has 1 fully saturated rings. The molecule has 1 saturated heterocycles. The molecule has 1 aliphatic rings. The number of hydrogen-bond acceptors (Lipinski definition) is 3. The van der Waals surface area contributed by atoms with Gasteiger partial charge in [0.1, 0.15) is 5.82 Å². The smallest absolute Gasteiger partial charge is 0.322 e. The summed E-state index contributed by atoms with van der Waals surface area (Å²) in [4.78, 5) is 13.7. The minimum Gasteiger partial charge on any atom is -0.394 e. The van der Waals surface area contributed by atoms with Crippen LogP contribution in [0.2, 0.25) is 0 Å². The predicted octanol–water partition coefficient (Wildman–Crippen LogP) is 1.55. The molecule has 1 aromatic rings. The van der Waals surface area contributed by atoms with E-state index in [9.17, 15) is 18.5 Å². The molecule has 0 spiro atoms. The molecule has 0 aromatic heterocycles. The van der Waals surface area contributed by atoms with Crippen LogP contribution in [0.1, 0.15) is 12.8 Å². The monoisotopic (exact) mass is 300 g/mol. The Morgan fingerprint density at radius 1 is 1.60 bits per heavy atom. The average Bonchev–Trinajstić information content (AvgIpc) is 2.86. The van der Waals surface area contributed by atoms with Gasteiger partial charge in [0, 0.05) is 18.5 Å². The third-order valence-electron chi connectivity index (χ3n) is 3.34. The maximum atomic E-state index is 13.7. The van der Waals surface area contributed by atoms with Crippen molar-refractivity contribution in [3.63, 3.8) is 0 Å². The molecule has 5 nitrogen and oxygen atoms in total. The summed E-state index contributed by atoms with van der Waals surface area (Å²) in [5.41, 5.74) is 0.310. The Kier molecular flexibility index (Phi) is 4.72. The first kappa shape index (κ1) is 14.9. The third kappa shape index (κ3) is 3.16. The minimum atomic E-state index is -1.40. The first-order valence-corrected chi connectivity index (χ1v) is 7.90. The second kappa shape index (κ2) is 6.32. The van der Waals surface area contributed by atoms with Crippen molar-refractivity contribution in [2.75, 3.05) is 24.7 Å². The number of amides is 2. The number of benzene rings is 1. The van der Waals surface area contributed by atoms with Crippen molar-refractivity contribution in [1.29, 1.82) is 0 Å². The Bertz CT molecular complexity index is 538. The van der Waals surface area contributed by atoms with E-state index in [-0.39, 0.29) is 23.6 Å². The summed E-state index contributed by atoms with van der Waals surface area (Å²) >= 11 is 0. The zero-order chi connectivity index (χ0) is 14.7. The van der Waals surface area contributed by atoms with Crippen LogP contribution >= 0.6 is 0 Å². The largest absolute Gasteiger partial charge is 0.394 e. The molecule has 1 aromatic carbocycles. The van der Waals surface area contributed by atoms with Crippen molar-refractivity contribution >= 4 is 22.5 Å². The summed E-state index contributed by atoms with van der Waals surface area (Å²) < 4.78 is 24.9. The molecule has 0 saturated carbocycles. The number of carbonyl (C=O) groups excluding carboxylic acids is 1. The molecule has 2 rings (SSSR count). The van der Waals surface area contributed by atoms with E-state index in [0.29, 0.717) is 12.2 Å². The summed E-state index contributed by atoms with van der Waals surface area (Å²) in [6, 6.07) is 3.53. The highest BCUT2D eigenvalue weighted by molar-refractivity contribution is 7.84. The van der Waals surface area contributed by atoms with Gasteiger partial charge in [-0.3, -0.25) is 4.21 Å². The molecule has 20 heavy (non-hydrogen) atoms. The van der Waals surface area contributed by atoms with Gasteiger partial charge in [0.05, 0.1) is 28.3 Å². The highest BCUT2D eigenvalue weighted by atomic mass is 32.2. The predicted molar refractivity (Wildman–Crippen MR) is 74.6 cm³/mol. The summed E-state index contributed by atoms with van der Waals surface area (Å²) in [6.07, 6.45) is 3.01. The number of urea groups is 1. The van der Waals surface area contributed by atoms with Crippen LogP contribution in [0.25, 0.3) is 0 Å². The van der Waals surface area contributed by atoms with Crippen LogP contribution < -0.4 is 5.32 Å². The van der Waals surface area contributed by atoms with Crippen molar-refractivity contribution in [1.82, 2.24) is 4.90 Å². The Labute approximate surface area is 119 Å². The number of carbonyl (C=O) groups is 1. The van der Waals surface area contributed by atoms with Crippen molar-refractivity contribution in [3.8, 4) is 0 Å². The number of aliphatic hydroxyl groups excluding tert-OH is 1. The highest BCUT2D eigenvalue weighted by Crippen LogP contribution is 2.20. The average molecular weight is 300 g/mol. The van der Waals surface area contributed by atoms with E-state index in [0.717, 1.165) is 18.9 Å². The SMILES string of the molecule is C[S@](=O)c1ccc(NC(=O)N2CCC[C@H]2CO)cc1F. The van der Waals surface area contributed by atoms with Gasteiger partial charge in [-0.05, 0) is 31.0 Å². The topological polar surface area (TPSA) is 69.6 Å². The number of nitrogens with one attached hydrogen (secondary N) is 1. The normalized spacial score (nSPS) is 19.9. The first-order chi connectivity index (χ1) is 9.52. The molecule has 0 unspecified atom stereocenters. The third-order valence-corrected chi connectivity index (χ3v) is 4.29. The molecular formula is C13H17FN2O3S. The molecular weight excluding hydrogens is 283 g/mol. The fourth-order valence-corrected chi connectivity index (χ4v) is 2.89. The number of nitrogens with zero attached hydrogens (tertiary/aromatic N) is 1. The number of rotatable bonds is 3. The Morgan fingerprint density at radius 2 is 2.35 bits per heavy atom. The van der Waals surface area contributed by atoms with E-state index in [1.54, 1.807) is 4.90 Å². The quantitative estimate of drug-likeness (QED) is 0.890. The highest BCUT2D eigenvalue weighted by Gasteiger charge is 2.28. The van der Waals surface area contributed by atoms with E-state index in [1.165, 1.54) is 18.4 Å². The second-order valence-corrected chi connectivity index (χ2v) is 6.05. The van der Waals surface area contributed by atoms with Gasteiger partial charge in [-0.1, -0.05) is 0 Å². The minimum absolute atomic E-state index is 0.0739. The standard InChI is InChI=1S/C13H17FN2O3S/c1-20(19)12-5-4-9(7-11(12)14)15-13(18)16-6-2-3-10(16)8-17/h4-5,7,10,17H,2-3,6,8H2,1H3,(H,15,18)/t10-,20-/m0/s1. The van der Waals surface area contributed by atoms with Crippen LogP contribution in [-0.4, -0.2) is 45.7 Å². The summed E-state index contributed by atoms with van der Waals surface area (Å²) in [5, 5.41) is 11.8. The van der Waals surface area contributed by atoms with Crippen LogP contribution in [0.4, 0.5) is 14.9 Å². The van der Waals surface area contributed by atoms with Crippen LogP contribution in [0.5, 0.6) is 0 Å². The molecule has 2 amide bonds. The summed E-state index contributed by atoms with van der Waals surface area (Å²) in [6.45, 7) is 0.506. The van der Waals surface area contributed by atoms with Gasteiger partial charge in [0.2, 0.25) is 0 Å². The molecule has 110 valence electrons. The van der Waals surface area contributed by atoms with Crippen molar-refractivity contribution in [2.45, 2.75) is 23.8 Å². The summed E-state index contributed by atoms with van der Waals surface area (Å²) in [7, 11) is -1.40. The number of aliphatic hydroxyl groups is 1. The lowest BCUT2D eigenvalue weighted by Gasteiger charge is -2.23. The van der Waals surface area contributed by atoms with Crippen LogP contribution in [0.15, 0.2) is 23.1 Å². The Morgan fingerprint density at radius 3 is 2.95 bits per heavy atom. The van der Waals surface area contributed by atoms with E-state index in [1.807, 2.05) is 0 Å². The molecule has 7 heteroatoms. The molecule has 0 radical (unpaired) electrons. The zero-order valence-corrected chi connectivity index (χ0v) is 12.0. The van der Waals surface area contributed by atoms with Gasteiger partial charge in [0.25, 0.3) is 0 Å². The molecule has 0 bridgehead atoms. The second-order valence-electron chi connectivity index (χ2n) is 4.70. The van der Waals surface area contributed by atoms with E-state index in [2.05, 4.69) is 5.32 Å². The fourth-order valence-electron chi connectivity index (χ4n) is 2.30. The van der Waals surface area contributed by atoms with Crippen molar-refractivity contribution in [2.24, 2.45) is 0 Å².